The largest absolute Gasteiger partial charge is 0.478 e. The first kappa shape index (κ1) is 15.8. The number of amides is 1. The van der Waals surface area contributed by atoms with E-state index in [2.05, 4.69) is 0 Å². The number of likely N-dealkylation sites (N-methyl/N-ethyl adjacent to an activating group) is 1. The van der Waals surface area contributed by atoms with Crippen LogP contribution in [0.2, 0.25) is 0 Å². The molecule has 7 heteroatoms. The standard InChI is InChI=1S/C14H20N2O4S/c1-9(2)13-14(17)16(3)11-8-10(4-5-12(11)20-13)21(18,19)7-6-15/h4-5,8-9,13H,6-7,15H2,1-3H3. The van der Waals surface area contributed by atoms with Crippen LogP contribution in [0.15, 0.2) is 23.1 Å². The van der Waals surface area contributed by atoms with Crippen molar-refractivity contribution in [2.45, 2.75) is 24.8 Å². The van der Waals surface area contributed by atoms with E-state index >= 15 is 0 Å². The predicted octanol–water partition coefficient (Wildman–Crippen LogP) is 0.799. The molecule has 1 amide bonds. The Hall–Kier alpha value is -1.60. The van der Waals surface area contributed by atoms with E-state index in [4.69, 9.17) is 10.5 Å². The minimum Gasteiger partial charge on any atom is -0.478 e. The van der Waals surface area contributed by atoms with Crippen molar-refractivity contribution < 1.29 is 17.9 Å². The summed E-state index contributed by atoms with van der Waals surface area (Å²) in [4.78, 5) is 13.8. The van der Waals surface area contributed by atoms with Gasteiger partial charge in [0.1, 0.15) is 5.75 Å². The van der Waals surface area contributed by atoms with Crippen molar-refractivity contribution >= 4 is 21.4 Å². The van der Waals surface area contributed by atoms with E-state index in [-0.39, 0.29) is 29.0 Å². The van der Waals surface area contributed by atoms with Gasteiger partial charge in [-0.2, -0.15) is 0 Å². The van der Waals surface area contributed by atoms with E-state index < -0.39 is 15.9 Å². The van der Waals surface area contributed by atoms with Crippen molar-refractivity contribution in [1.29, 1.82) is 0 Å². The molecule has 0 saturated heterocycles. The number of anilines is 1. The number of rotatable bonds is 4. The van der Waals surface area contributed by atoms with E-state index in [1.807, 2.05) is 13.8 Å². The minimum absolute atomic E-state index is 0.0359. The first-order valence-corrected chi connectivity index (χ1v) is 8.44. The van der Waals surface area contributed by atoms with E-state index in [0.29, 0.717) is 11.4 Å². The topological polar surface area (TPSA) is 89.7 Å². The summed E-state index contributed by atoms with van der Waals surface area (Å²) < 4.78 is 29.8. The van der Waals surface area contributed by atoms with Crippen LogP contribution < -0.4 is 15.4 Å². The van der Waals surface area contributed by atoms with E-state index in [1.165, 1.54) is 17.0 Å². The molecule has 0 saturated carbocycles. The molecule has 1 heterocycles. The normalized spacial score (nSPS) is 18.6. The van der Waals surface area contributed by atoms with E-state index in [0.717, 1.165) is 0 Å². The Morgan fingerprint density at radius 2 is 2.05 bits per heavy atom. The number of hydrogen-bond donors (Lipinski definition) is 1. The lowest BCUT2D eigenvalue weighted by molar-refractivity contribution is -0.127. The van der Waals surface area contributed by atoms with Crippen LogP contribution in [0, 0.1) is 5.92 Å². The highest BCUT2D eigenvalue weighted by atomic mass is 32.2. The second kappa shape index (κ2) is 5.65. The Kier molecular flexibility index (Phi) is 4.25. The maximum Gasteiger partial charge on any atom is 0.268 e. The maximum atomic E-state index is 12.2. The molecule has 21 heavy (non-hydrogen) atoms. The molecule has 2 N–H and O–H groups in total. The second-order valence-electron chi connectivity index (χ2n) is 5.42. The molecule has 116 valence electrons. The number of carbonyl (C=O) groups is 1. The summed E-state index contributed by atoms with van der Waals surface area (Å²) in [7, 11) is -1.81. The molecule has 0 fully saturated rings. The maximum absolute atomic E-state index is 12.2. The summed E-state index contributed by atoms with van der Waals surface area (Å²) in [5.74, 6) is 0.251. The molecule has 0 aliphatic carbocycles. The molecule has 0 bridgehead atoms. The Morgan fingerprint density at radius 3 is 2.62 bits per heavy atom. The number of nitrogens with zero attached hydrogens (tertiary/aromatic N) is 1. The van der Waals surface area contributed by atoms with Crippen LogP contribution in [0.5, 0.6) is 5.75 Å². The Balaban J connectivity index is 2.45. The Bertz CT molecular complexity index is 655. The predicted molar refractivity (Wildman–Crippen MR) is 80.2 cm³/mol. The van der Waals surface area contributed by atoms with Crippen molar-refractivity contribution in [3.63, 3.8) is 0 Å². The van der Waals surface area contributed by atoms with Crippen LogP contribution in [0.3, 0.4) is 0 Å². The summed E-state index contributed by atoms with van der Waals surface area (Å²) in [6.45, 7) is 3.86. The van der Waals surface area contributed by atoms with Gasteiger partial charge in [-0.15, -0.1) is 0 Å². The lowest BCUT2D eigenvalue weighted by Gasteiger charge is -2.34. The van der Waals surface area contributed by atoms with Gasteiger partial charge < -0.3 is 15.4 Å². The second-order valence-corrected chi connectivity index (χ2v) is 7.53. The van der Waals surface area contributed by atoms with Crippen LogP contribution in [0.1, 0.15) is 13.8 Å². The minimum atomic E-state index is -3.43. The molecule has 1 atom stereocenters. The average Bonchev–Trinajstić information content (AvgIpc) is 2.42. The number of benzene rings is 1. The van der Waals surface area contributed by atoms with Crippen LogP contribution in [-0.2, 0) is 14.6 Å². The zero-order valence-electron chi connectivity index (χ0n) is 12.4. The summed E-state index contributed by atoms with van der Waals surface area (Å²) >= 11 is 0. The fraction of sp³-hybridized carbons (Fsp3) is 0.500. The van der Waals surface area contributed by atoms with Crippen molar-refractivity contribution in [2.24, 2.45) is 11.7 Å². The van der Waals surface area contributed by atoms with Gasteiger partial charge in [0.15, 0.2) is 15.9 Å². The molecule has 1 aromatic rings. The van der Waals surface area contributed by atoms with Gasteiger partial charge in [0.25, 0.3) is 5.91 Å². The molecule has 2 rings (SSSR count). The first-order chi connectivity index (χ1) is 9.77. The molecule has 0 aromatic heterocycles. The first-order valence-electron chi connectivity index (χ1n) is 6.79. The highest BCUT2D eigenvalue weighted by Gasteiger charge is 2.35. The highest BCUT2D eigenvalue weighted by molar-refractivity contribution is 7.91. The quantitative estimate of drug-likeness (QED) is 0.888. The number of nitrogens with two attached hydrogens (primary N) is 1. The lowest BCUT2D eigenvalue weighted by Crippen LogP contribution is -2.46. The number of ether oxygens (including phenoxy) is 1. The van der Waals surface area contributed by atoms with Gasteiger partial charge in [-0.3, -0.25) is 4.79 Å². The van der Waals surface area contributed by atoms with Crippen molar-refractivity contribution in [1.82, 2.24) is 0 Å². The fourth-order valence-corrected chi connectivity index (χ4v) is 3.36. The van der Waals surface area contributed by atoms with Crippen LogP contribution in [0.25, 0.3) is 0 Å². The fourth-order valence-electron chi connectivity index (χ4n) is 2.24. The SMILES string of the molecule is CC(C)C1Oc2ccc(S(=O)(=O)CCN)cc2N(C)C1=O. The third kappa shape index (κ3) is 2.89. The molecule has 1 aromatic carbocycles. The number of hydrogen-bond acceptors (Lipinski definition) is 5. The van der Waals surface area contributed by atoms with Gasteiger partial charge in [0.2, 0.25) is 0 Å². The average molecular weight is 312 g/mol. The molecular weight excluding hydrogens is 292 g/mol. The van der Waals surface area contributed by atoms with E-state index in [9.17, 15) is 13.2 Å². The number of carbonyl (C=O) groups excluding carboxylic acids is 1. The zero-order chi connectivity index (χ0) is 15.8. The van der Waals surface area contributed by atoms with Gasteiger partial charge in [-0.1, -0.05) is 13.8 Å². The summed E-state index contributed by atoms with van der Waals surface area (Å²) in [6.07, 6.45) is -0.547. The summed E-state index contributed by atoms with van der Waals surface area (Å²) in [5.41, 5.74) is 5.79. The van der Waals surface area contributed by atoms with Crippen molar-refractivity contribution in [2.75, 3.05) is 24.2 Å². The molecule has 1 unspecified atom stereocenters. The summed E-state index contributed by atoms with van der Waals surface area (Å²) in [5, 5.41) is 0. The third-order valence-corrected chi connectivity index (χ3v) is 5.22. The van der Waals surface area contributed by atoms with Gasteiger partial charge in [0, 0.05) is 13.6 Å². The Labute approximate surface area is 124 Å². The van der Waals surface area contributed by atoms with Crippen LogP contribution in [-0.4, -0.2) is 39.8 Å². The molecular formula is C14H20N2O4S. The molecule has 0 radical (unpaired) electrons. The molecule has 0 spiro atoms. The van der Waals surface area contributed by atoms with Crippen LogP contribution in [0.4, 0.5) is 5.69 Å². The van der Waals surface area contributed by atoms with Gasteiger partial charge in [-0.25, -0.2) is 8.42 Å². The highest BCUT2D eigenvalue weighted by Crippen LogP contribution is 2.36. The van der Waals surface area contributed by atoms with Crippen molar-refractivity contribution in [3.8, 4) is 5.75 Å². The van der Waals surface area contributed by atoms with Crippen molar-refractivity contribution in [3.05, 3.63) is 18.2 Å². The number of sulfone groups is 1. The summed E-state index contributed by atoms with van der Waals surface area (Å²) in [6, 6.07) is 4.55. The van der Waals surface area contributed by atoms with Gasteiger partial charge >= 0.3 is 0 Å². The van der Waals surface area contributed by atoms with Gasteiger partial charge in [0.05, 0.1) is 16.3 Å². The lowest BCUT2D eigenvalue weighted by atomic mass is 10.0. The van der Waals surface area contributed by atoms with Gasteiger partial charge in [-0.05, 0) is 24.1 Å². The van der Waals surface area contributed by atoms with Crippen LogP contribution >= 0.6 is 0 Å². The number of fused-ring (bicyclic) bond motifs is 1. The monoisotopic (exact) mass is 312 g/mol. The molecule has 6 nitrogen and oxygen atoms in total. The Morgan fingerprint density at radius 1 is 1.38 bits per heavy atom. The molecule has 1 aliphatic heterocycles. The van der Waals surface area contributed by atoms with E-state index in [1.54, 1.807) is 13.1 Å². The third-order valence-electron chi connectivity index (χ3n) is 3.47. The smallest absolute Gasteiger partial charge is 0.268 e. The zero-order valence-corrected chi connectivity index (χ0v) is 13.2. The molecule has 1 aliphatic rings.